The van der Waals surface area contributed by atoms with Crippen LogP contribution in [0.4, 0.5) is 0 Å². The fourth-order valence-electron chi connectivity index (χ4n) is 1.72. The standard InChI is InChI=1S/C11H22N2O/c1-8(2)3-4-11(14)13-7-9-5-10(12)6-9/h8-10H,3-7,12H2,1-2H3,(H,13,14). The molecule has 3 heteroatoms. The second-order valence-electron chi connectivity index (χ2n) is 4.83. The Kier molecular flexibility index (Phi) is 4.39. The van der Waals surface area contributed by atoms with Crippen LogP contribution in [0.5, 0.6) is 0 Å². The van der Waals surface area contributed by atoms with Crippen molar-refractivity contribution in [3.63, 3.8) is 0 Å². The van der Waals surface area contributed by atoms with Gasteiger partial charge in [0.25, 0.3) is 0 Å². The highest BCUT2D eigenvalue weighted by Crippen LogP contribution is 2.24. The number of nitrogens with two attached hydrogens (primary N) is 1. The van der Waals surface area contributed by atoms with Crippen LogP contribution in [0.25, 0.3) is 0 Å². The van der Waals surface area contributed by atoms with E-state index >= 15 is 0 Å². The summed E-state index contributed by atoms with van der Waals surface area (Å²) in [6, 6.07) is 0.382. The van der Waals surface area contributed by atoms with E-state index in [0.29, 0.717) is 24.3 Å². The van der Waals surface area contributed by atoms with E-state index in [-0.39, 0.29) is 5.91 Å². The molecular formula is C11H22N2O. The van der Waals surface area contributed by atoms with Crippen molar-refractivity contribution in [1.82, 2.24) is 5.32 Å². The second-order valence-corrected chi connectivity index (χ2v) is 4.83. The normalized spacial score (nSPS) is 26.0. The molecule has 0 unspecified atom stereocenters. The summed E-state index contributed by atoms with van der Waals surface area (Å²) in [6.45, 7) is 5.10. The fraction of sp³-hybridized carbons (Fsp3) is 0.909. The Hall–Kier alpha value is -0.570. The molecule has 82 valence electrons. The van der Waals surface area contributed by atoms with E-state index in [4.69, 9.17) is 5.73 Å². The molecule has 0 saturated heterocycles. The first kappa shape index (κ1) is 11.5. The Morgan fingerprint density at radius 3 is 2.64 bits per heavy atom. The van der Waals surface area contributed by atoms with Crippen molar-refractivity contribution in [3.8, 4) is 0 Å². The molecule has 0 atom stereocenters. The summed E-state index contributed by atoms with van der Waals surface area (Å²) < 4.78 is 0. The maximum Gasteiger partial charge on any atom is 0.220 e. The van der Waals surface area contributed by atoms with Gasteiger partial charge in [-0.05, 0) is 31.1 Å². The first-order chi connectivity index (χ1) is 6.58. The average Bonchev–Trinajstić information content (AvgIpc) is 2.07. The molecule has 1 amide bonds. The van der Waals surface area contributed by atoms with Gasteiger partial charge in [0.1, 0.15) is 0 Å². The smallest absolute Gasteiger partial charge is 0.220 e. The van der Waals surface area contributed by atoms with Gasteiger partial charge < -0.3 is 11.1 Å². The van der Waals surface area contributed by atoms with E-state index in [9.17, 15) is 4.79 Å². The molecule has 0 aromatic heterocycles. The Bertz CT molecular complexity index is 186. The number of nitrogens with one attached hydrogen (secondary N) is 1. The minimum atomic E-state index is 0.194. The minimum Gasteiger partial charge on any atom is -0.356 e. The lowest BCUT2D eigenvalue weighted by Crippen LogP contribution is -2.42. The van der Waals surface area contributed by atoms with E-state index in [1.165, 1.54) is 0 Å². The monoisotopic (exact) mass is 198 g/mol. The molecule has 0 aromatic carbocycles. The van der Waals surface area contributed by atoms with Gasteiger partial charge >= 0.3 is 0 Å². The second kappa shape index (κ2) is 5.35. The van der Waals surface area contributed by atoms with E-state index in [2.05, 4.69) is 19.2 Å². The summed E-state index contributed by atoms with van der Waals surface area (Å²) in [5, 5.41) is 2.97. The van der Waals surface area contributed by atoms with Gasteiger partial charge in [0.2, 0.25) is 5.91 Å². The van der Waals surface area contributed by atoms with Gasteiger partial charge in [-0.2, -0.15) is 0 Å². The zero-order valence-electron chi connectivity index (χ0n) is 9.25. The van der Waals surface area contributed by atoms with Crippen molar-refractivity contribution in [2.75, 3.05) is 6.54 Å². The minimum absolute atomic E-state index is 0.194. The van der Waals surface area contributed by atoms with Crippen molar-refractivity contribution < 1.29 is 4.79 Å². The van der Waals surface area contributed by atoms with Gasteiger partial charge in [0, 0.05) is 19.0 Å². The van der Waals surface area contributed by atoms with Crippen LogP contribution in [0.3, 0.4) is 0 Å². The van der Waals surface area contributed by atoms with E-state index in [1.54, 1.807) is 0 Å². The Morgan fingerprint density at radius 2 is 2.14 bits per heavy atom. The van der Waals surface area contributed by atoms with Crippen molar-refractivity contribution in [3.05, 3.63) is 0 Å². The van der Waals surface area contributed by atoms with Crippen LogP contribution in [-0.4, -0.2) is 18.5 Å². The predicted molar refractivity (Wildman–Crippen MR) is 57.8 cm³/mol. The number of hydrogen-bond acceptors (Lipinski definition) is 2. The molecule has 1 fully saturated rings. The fourth-order valence-corrected chi connectivity index (χ4v) is 1.72. The molecule has 3 nitrogen and oxygen atoms in total. The first-order valence-electron chi connectivity index (χ1n) is 5.60. The van der Waals surface area contributed by atoms with Crippen LogP contribution >= 0.6 is 0 Å². The molecule has 0 aromatic rings. The third kappa shape index (κ3) is 4.09. The van der Waals surface area contributed by atoms with Crippen LogP contribution in [0, 0.1) is 11.8 Å². The SMILES string of the molecule is CC(C)CCC(=O)NCC1CC(N)C1. The molecule has 14 heavy (non-hydrogen) atoms. The third-order valence-electron chi connectivity index (χ3n) is 2.81. The summed E-state index contributed by atoms with van der Waals surface area (Å²) in [5.74, 6) is 1.44. The highest BCUT2D eigenvalue weighted by molar-refractivity contribution is 5.75. The zero-order valence-corrected chi connectivity index (χ0v) is 9.25. The van der Waals surface area contributed by atoms with Gasteiger partial charge in [-0.3, -0.25) is 4.79 Å². The molecule has 1 aliphatic rings. The first-order valence-corrected chi connectivity index (χ1v) is 5.60. The predicted octanol–water partition coefficient (Wildman–Crippen LogP) is 1.28. The zero-order chi connectivity index (χ0) is 10.6. The number of rotatable bonds is 5. The quantitative estimate of drug-likeness (QED) is 0.699. The molecule has 0 heterocycles. The molecule has 0 radical (unpaired) electrons. The summed E-state index contributed by atoms with van der Waals surface area (Å²) >= 11 is 0. The highest BCUT2D eigenvalue weighted by atomic mass is 16.1. The summed E-state index contributed by atoms with van der Waals surface area (Å²) in [6.07, 6.45) is 3.79. The Labute approximate surface area is 86.4 Å². The lowest BCUT2D eigenvalue weighted by molar-refractivity contribution is -0.121. The van der Waals surface area contributed by atoms with Gasteiger partial charge in [0.05, 0.1) is 0 Å². The van der Waals surface area contributed by atoms with Gasteiger partial charge in [-0.15, -0.1) is 0 Å². The Balaban J connectivity index is 1.98. The van der Waals surface area contributed by atoms with Crippen molar-refractivity contribution >= 4 is 5.91 Å². The molecule has 1 saturated carbocycles. The van der Waals surface area contributed by atoms with Crippen LogP contribution in [0.1, 0.15) is 39.5 Å². The lowest BCUT2D eigenvalue weighted by atomic mass is 9.81. The van der Waals surface area contributed by atoms with Gasteiger partial charge in [-0.1, -0.05) is 13.8 Å². The van der Waals surface area contributed by atoms with Crippen molar-refractivity contribution in [2.24, 2.45) is 17.6 Å². The van der Waals surface area contributed by atoms with Crippen LogP contribution in [0.15, 0.2) is 0 Å². The summed E-state index contributed by atoms with van der Waals surface area (Å²) in [4.78, 5) is 11.3. The van der Waals surface area contributed by atoms with Crippen LogP contribution in [0.2, 0.25) is 0 Å². The van der Waals surface area contributed by atoms with E-state index in [0.717, 1.165) is 25.8 Å². The third-order valence-corrected chi connectivity index (χ3v) is 2.81. The van der Waals surface area contributed by atoms with Gasteiger partial charge in [0.15, 0.2) is 0 Å². The van der Waals surface area contributed by atoms with Crippen LogP contribution in [-0.2, 0) is 4.79 Å². The largest absolute Gasteiger partial charge is 0.356 e. The van der Waals surface area contributed by atoms with E-state index in [1.807, 2.05) is 0 Å². The van der Waals surface area contributed by atoms with E-state index < -0.39 is 0 Å². The molecule has 3 N–H and O–H groups in total. The average molecular weight is 198 g/mol. The van der Waals surface area contributed by atoms with Gasteiger partial charge in [-0.25, -0.2) is 0 Å². The lowest BCUT2D eigenvalue weighted by Gasteiger charge is -2.32. The number of carbonyl (C=O) groups is 1. The molecule has 1 rings (SSSR count). The topological polar surface area (TPSA) is 55.1 Å². The Morgan fingerprint density at radius 1 is 1.50 bits per heavy atom. The van der Waals surface area contributed by atoms with Crippen molar-refractivity contribution in [1.29, 1.82) is 0 Å². The number of carbonyl (C=O) groups excluding carboxylic acids is 1. The molecule has 0 aliphatic heterocycles. The van der Waals surface area contributed by atoms with Crippen LogP contribution < -0.4 is 11.1 Å². The summed E-state index contributed by atoms with van der Waals surface area (Å²) in [7, 11) is 0. The number of hydrogen-bond donors (Lipinski definition) is 2. The number of amides is 1. The maximum absolute atomic E-state index is 11.3. The molecule has 0 bridgehead atoms. The molecule has 1 aliphatic carbocycles. The highest BCUT2D eigenvalue weighted by Gasteiger charge is 2.25. The molecular weight excluding hydrogens is 176 g/mol. The maximum atomic E-state index is 11.3. The molecule has 0 spiro atoms. The van der Waals surface area contributed by atoms with Crippen molar-refractivity contribution in [2.45, 2.75) is 45.6 Å². The summed E-state index contributed by atoms with van der Waals surface area (Å²) in [5.41, 5.74) is 5.66.